The van der Waals surface area contributed by atoms with E-state index in [-0.39, 0.29) is 16.5 Å². The molecule has 1 atom stereocenters. The highest BCUT2D eigenvalue weighted by Gasteiger charge is 2.36. The van der Waals surface area contributed by atoms with E-state index in [0.717, 1.165) is 18.5 Å². The van der Waals surface area contributed by atoms with Crippen LogP contribution in [0.1, 0.15) is 30.1 Å². The topological polar surface area (TPSA) is 78.8 Å². The lowest BCUT2D eigenvalue weighted by molar-refractivity contribution is 0.0679. The van der Waals surface area contributed by atoms with E-state index in [4.69, 9.17) is 11.6 Å². The molecule has 2 aromatic rings. The number of sulfonamides is 1. The molecule has 10 heteroatoms. The van der Waals surface area contributed by atoms with Crippen molar-refractivity contribution in [2.75, 3.05) is 44.2 Å². The third-order valence-corrected chi connectivity index (χ3v) is 8.04. The Labute approximate surface area is 188 Å². The quantitative estimate of drug-likeness (QED) is 0.693. The fourth-order valence-corrected chi connectivity index (χ4v) is 6.05. The number of halogens is 1. The normalized spacial score (nSPS) is 20.8. The highest BCUT2D eigenvalue weighted by atomic mass is 35.5. The second kappa shape index (κ2) is 8.80. The van der Waals surface area contributed by atoms with Gasteiger partial charge in [0.05, 0.1) is 5.56 Å². The molecule has 0 spiro atoms. The second-order valence-electron chi connectivity index (χ2n) is 8.39. The van der Waals surface area contributed by atoms with Crippen LogP contribution in [0.15, 0.2) is 35.5 Å². The van der Waals surface area contributed by atoms with Gasteiger partial charge in [-0.15, -0.1) is 0 Å². The molecular weight excluding hydrogens is 438 g/mol. The molecule has 0 radical (unpaired) electrons. The van der Waals surface area contributed by atoms with Crippen molar-refractivity contribution >= 4 is 33.2 Å². The Kier molecular flexibility index (Phi) is 6.27. The fraction of sp³-hybridized carbons (Fsp3) is 0.524. The molecular formula is C21H28ClN5O3S. The lowest BCUT2D eigenvalue weighted by Gasteiger charge is -2.35. The summed E-state index contributed by atoms with van der Waals surface area (Å²) in [6.45, 7) is 5.12. The zero-order chi connectivity index (χ0) is 22.2. The van der Waals surface area contributed by atoms with Crippen molar-refractivity contribution in [1.82, 2.24) is 19.0 Å². The van der Waals surface area contributed by atoms with Crippen LogP contribution in [0, 0.1) is 5.92 Å². The SMILES string of the molecule is C[C@@H]1CCCN(C(=O)c2cn(C)nc2S(=O)(=O)N2CCN(c3cccc(Cl)c3)CC2)C1. The predicted molar refractivity (Wildman–Crippen MR) is 120 cm³/mol. The number of nitrogens with zero attached hydrogens (tertiary/aromatic N) is 5. The lowest BCUT2D eigenvalue weighted by Crippen LogP contribution is -2.49. The Morgan fingerprint density at radius 1 is 1.16 bits per heavy atom. The smallest absolute Gasteiger partial charge is 0.263 e. The van der Waals surface area contributed by atoms with Crippen LogP contribution in [0.5, 0.6) is 0 Å². The summed E-state index contributed by atoms with van der Waals surface area (Å²) >= 11 is 6.09. The molecule has 168 valence electrons. The van der Waals surface area contributed by atoms with Gasteiger partial charge < -0.3 is 9.80 Å². The Hall–Kier alpha value is -2.10. The average molecular weight is 466 g/mol. The summed E-state index contributed by atoms with van der Waals surface area (Å²) in [6, 6.07) is 7.54. The number of carbonyl (C=O) groups is 1. The molecule has 3 heterocycles. The summed E-state index contributed by atoms with van der Waals surface area (Å²) in [5.41, 5.74) is 1.13. The van der Waals surface area contributed by atoms with Crippen molar-refractivity contribution in [2.45, 2.75) is 24.8 Å². The van der Waals surface area contributed by atoms with Gasteiger partial charge in [0, 0.05) is 63.2 Å². The van der Waals surface area contributed by atoms with Crippen molar-refractivity contribution in [2.24, 2.45) is 13.0 Å². The van der Waals surface area contributed by atoms with Gasteiger partial charge >= 0.3 is 0 Å². The first-order valence-electron chi connectivity index (χ1n) is 10.6. The van der Waals surface area contributed by atoms with Gasteiger partial charge in [-0.25, -0.2) is 8.42 Å². The molecule has 2 aliphatic heterocycles. The van der Waals surface area contributed by atoms with Crippen LogP contribution < -0.4 is 4.90 Å². The van der Waals surface area contributed by atoms with Crippen LogP contribution in [0.3, 0.4) is 0 Å². The van der Waals surface area contributed by atoms with Gasteiger partial charge in [-0.2, -0.15) is 9.40 Å². The number of aromatic nitrogens is 2. The number of rotatable bonds is 4. The predicted octanol–water partition coefficient (Wildman–Crippen LogP) is 2.46. The van der Waals surface area contributed by atoms with Crippen LogP contribution in [0.4, 0.5) is 5.69 Å². The Morgan fingerprint density at radius 2 is 1.90 bits per heavy atom. The second-order valence-corrected chi connectivity index (χ2v) is 10.7. The number of benzene rings is 1. The number of likely N-dealkylation sites (tertiary alicyclic amines) is 1. The maximum Gasteiger partial charge on any atom is 0.263 e. The van der Waals surface area contributed by atoms with Crippen molar-refractivity contribution in [3.05, 3.63) is 41.0 Å². The standard InChI is InChI=1S/C21H28ClN5O3S/c1-16-5-4-8-26(14-16)21(28)19-15-24(2)23-20(19)31(29,30)27-11-9-25(10-12-27)18-7-3-6-17(22)13-18/h3,6-7,13,15-16H,4-5,8-12,14H2,1-2H3/t16-/m1/s1. The van der Waals surface area contributed by atoms with E-state index in [1.165, 1.54) is 15.2 Å². The Morgan fingerprint density at radius 3 is 2.58 bits per heavy atom. The van der Waals surface area contributed by atoms with Crippen molar-refractivity contribution in [1.29, 1.82) is 0 Å². The molecule has 4 rings (SSSR count). The van der Waals surface area contributed by atoms with Gasteiger partial charge in [0.25, 0.3) is 15.9 Å². The van der Waals surface area contributed by atoms with E-state index in [1.54, 1.807) is 11.9 Å². The number of hydrogen-bond acceptors (Lipinski definition) is 5. The molecule has 1 aromatic heterocycles. The zero-order valence-electron chi connectivity index (χ0n) is 17.9. The molecule has 0 N–H and O–H groups in total. The van der Waals surface area contributed by atoms with Crippen molar-refractivity contribution in [3.8, 4) is 0 Å². The molecule has 1 aromatic carbocycles. The Bertz CT molecular complexity index is 1060. The number of piperazine rings is 1. The summed E-state index contributed by atoms with van der Waals surface area (Å²) in [4.78, 5) is 17.0. The summed E-state index contributed by atoms with van der Waals surface area (Å²) < 4.78 is 29.7. The molecule has 2 aliphatic rings. The summed E-state index contributed by atoms with van der Waals surface area (Å²) in [5.74, 6) is 0.157. The van der Waals surface area contributed by atoms with Crippen LogP contribution in [-0.2, 0) is 17.1 Å². The minimum atomic E-state index is -3.88. The maximum atomic E-state index is 13.4. The first-order valence-corrected chi connectivity index (χ1v) is 12.4. The molecule has 0 unspecified atom stereocenters. The van der Waals surface area contributed by atoms with Gasteiger partial charge in [-0.1, -0.05) is 24.6 Å². The highest BCUT2D eigenvalue weighted by molar-refractivity contribution is 7.89. The minimum absolute atomic E-state index is 0.144. The minimum Gasteiger partial charge on any atom is -0.369 e. The van der Waals surface area contributed by atoms with E-state index in [2.05, 4.69) is 16.9 Å². The van der Waals surface area contributed by atoms with E-state index in [0.29, 0.717) is 50.2 Å². The molecule has 31 heavy (non-hydrogen) atoms. The van der Waals surface area contributed by atoms with Crippen LogP contribution in [0.25, 0.3) is 0 Å². The number of piperidine rings is 1. The van der Waals surface area contributed by atoms with Crippen LogP contribution in [0.2, 0.25) is 5.02 Å². The van der Waals surface area contributed by atoms with E-state index < -0.39 is 10.0 Å². The van der Waals surface area contributed by atoms with Gasteiger partial charge in [0.15, 0.2) is 0 Å². The summed E-state index contributed by atoms with van der Waals surface area (Å²) in [5, 5.41) is 4.69. The van der Waals surface area contributed by atoms with Gasteiger partial charge in [0.2, 0.25) is 5.03 Å². The summed E-state index contributed by atoms with van der Waals surface area (Å²) in [6.07, 6.45) is 3.54. The van der Waals surface area contributed by atoms with Crippen LogP contribution in [-0.4, -0.2) is 72.6 Å². The first-order chi connectivity index (χ1) is 14.8. The van der Waals surface area contributed by atoms with Crippen LogP contribution >= 0.6 is 11.6 Å². The zero-order valence-corrected chi connectivity index (χ0v) is 19.4. The third kappa shape index (κ3) is 4.58. The number of anilines is 1. The number of hydrogen-bond donors (Lipinski definition) is 0. The Balaban J connectivity index is 1.52. The van der Waals surface area contributed by atoms with Crippen molar-refractivity contribution in [3.63, 3.8) is 0 Å². The van der Waals surface area contributed by atoms with Gasteiger partial charge in [-0.3, -0.25) is 9.48 Å². The first kappa shape index (κ1) is 22.1. The van der Waals surface area contributed by atoms with E-state index in [1.807, 2.05) is 24.3 Å². The molecule has 2 fully saturated rings. The molecule has 0 saturated carbocycles. The third-order valence-electron chi connectivity index (χ3n) is 5.97. The average Bonchev–Trinajstić information content (AvgIpc) is 3.16. The number of carbonyl (C=O) groups excluding carboxylic acids is 1. The van der Waals surface area contributed by atoms with Gasteiger partial charge in [0.1, 0.15) is 0 Å². The molecule has 1 amide bonds. The maximum absolute atomic E-state index is 13.4. The highest BCUT2D eigenvalue weighted by Crippen LogP contribution is 2.26. The number of aryl methyl sites for hydroxylation is 1. The van der Waals surface area contributed by atoms with Gasteiger partial charge in [-0.05, 0) is 37.0 Å². The molecule has 2 saturated heterocycles. The number of amides is 1. The monoisotopic (exact) mass is 465 g/mol. The fourth-order valence-electron chi connectivity index (χ4n) is 4.33. The van der Waals surface area contributed by atoms with Crippen molar-refractivity contribution < 1.29 is 13.2 Å². The lowest BCUT2D eigenvalue weighted by atomic mass is 10.00. The van der Waals surface area contributed by atoms with E-state index in [9.17, 15) is 13.2 Å². The molecule has 0 bridgehead atoms. The largest absolute Gasteiger partial charge is 0.369 e. The van der Waals surface area contributed by atoms with E-state index >= 15 is 0 Å². The summed E-state index contributed by atoms with van der Waals surface area (Å²) in [7, 11) is -2.24. The molecule has 0 aliphatic carbocycles. The molecule has 8 nitrogen and oxygen atoms in total.